The molecule has 0 saturated heterocycles. The Kier molecular flexibility index (Phi) is 5.70. The van der Waals surface area contributed by atoms with Crippen LogP contribution in [0.15, 0.2) is 0 Å². The monoisotopic (exact) mass is 295 g/mol. The number of carbonyl (C=O) groups is 1. The molecule has 0 bridgehead atoms. The van der Waals surface area contributed by atoms with Crippen LogP contribution in [0, 0.1) is 23.7 Å². The highest BCUT2D eigenvalue weighted by molar-refractivity contribution is 5.78. The van der Waals surface area contributed by atoms with Crippen LogP contribution in [-0.2, 0) is 4.79 Å². The number of aliphatic hydroxyl groups is 1. The van der Waals surface area contributed by atoms with Crippen LogP contribution in [0.4, 0.5) is 0 Å². The first-order valence-electron chi connectivity index (χ1n) is 8.87. The van der Waals surface area contributed by atoms with E-state index in [1.54, 1.807) is 0 Å². The van der Waals surface area contributed by atoms with E-state index in [4.69, 9.17) is 0 Å². The van der Waals surface area contributed by atoms with Crippen LogP contribution in [0.2, 0.25) is 0 Å². The summed E-state index contributed by atoms with van der Waals surface area (Å²) < 4.78 is 0. The Morgan fingerprint density at radius 3 is 2.52 bits per heavy atom. The Labute approximate surface area is 129 Å². The lowest BCUT2D eigenvalue weighted by Crippen LogP contribution is -2.45. The van der Waals surface area contributed by atoms with Crippen molar-refractivity contribution in [3.8, 4) is 0 Å². The quantitative estimate of drug-likeness (QED) is 0.815. The molecule has 4 unspecified atom stereocenters. The fourth-order valence-electron chi connectivity index (χ4n) is 4.49. The van der Waals surface area contributed by atoms with Crippen molar-refractivity contribution in [3.63, 3.8) is 0 Å². The van der Waals surface area contributed by atoms with Gasteiger partial charge in [-0.2, -0.15) is 0 Å². The van der Waals surface area contributed by atoms with Gasteiger partial charge in [0.05, 0.1) is 5.60 Å². The Balaban J connectivity index is 1.78. The number of fused-ring (bicyclic) bond motifs is 1. The maximum Gasteiger partial charge on any atom is 0.223 e. The summed E-state index contributed by atoms with van der Waals surface area (Å²) in [6, 6.07) is 0. The number of amides is 1. The first-order valence-corrected chi connectivity index (χ1v) is 8.87. The van der Waals surface area contributed by atoms with Gasteiger partial charge in [-0.25, -0.2) is 0 Å². The van der Waals surface area contributed by atoms with Gasteiger partial charge in [-0.3, -0.25) is 4.79 Å². The molecule has 4 atom stereocenters. The Morgan fingerprint density at radius 2 is 1.86 bits per heavy atom. The highest BCUT2D eigenvalue weighted by atomic mass is 16.3. The number of rotatable bonds is 5. The molecule has 0 aromatic heterocycles. The van der Waals surface area contributed by atoms with Gasteiger partial charge in [0.2, 0.25) is 5.91 Å². The lowest BCUT2D eigenvalue weighted by Gasteiger charge is -2.39. The number of carbonyl (C=O) groups excluding carboxylic acids is 1. The standard InChI is InChI=1S/C18H33NO2/c1-13(2)11-18(3,21)12-19-17(20)16-9-8-14-6-4-5-7-15(14)10-16/h13-16,21H,4-12H2,1-3H3,(H,19,20). The van der Waals surface area contributed by atoms with E-state index >= 15 is 0 Å². The van der Waals surface area contributed by atoms with Gasteiger partial charge in [0.25, 0.3) is 0 Å². The van der Waals surface area contributed by atoms with Crippen molar-refractivity contribution < 1.29 is 9.90 Å². The van der Waals surface area contributed by atoms with Gasteiger partial charge in [0.1, 0.15) is 0 Å². The molecule has 2 aliphatic carbocycles. The Hall–Kier alpha value is -0.570. The molecule has 0 radical (unpaired) electrons. The topological polar surface area (TPSA) is 49.3 Å². The molecular formula is C18H33NO2. The van der Waals surface area contributed by atoms with Crippen LogP contribution in [0.3, 0.4) is 0 Å². The molecule has 2 saturated carbocycles. The molecule has 3 heteroatoms. The lowest BCUT2D eigenvalue weighted by molar-refractivity contribution is -0.128. The molecule has 1 amide bonds. The normalized spacial score (nSPS) is 32.3. The van der Waals surface area contributed by atoms with Crippen molar-refractivity contribution in [3.05, 3.63) is 0 Å². The van der Waals surface area contributed by atoms with Crippen LogP contribution >= 0.6 is 0 Å². The third kappa shape index (κ3) is 4.98. The number of hydrogen-bond donors (Lipinski definition) is 2. The Bertz CT molecular complexity index is 351. The van der Waals surface area contributed by atoms with Crippen LogP contribution in [0.1, 0.15) is 72.1 Å². The first-order chi connectivity index (χ1) is 9.87. The molecule has 0 spiro atoms. The molecule has 0 aromatic carbocycles. The van der Waals surface area contributed by atoms with Crippen molar-refractivity contribution in [2.24, 2.45) is 23.7 Å². The second-order valence-electron chi connectivity index (χ2n) is 8.13. The number of hydrogen-bond acceptors (Lipinski definition) is 2. The van der Waals surface area contributed by atoms with Gasteiger partial charge < -0.3 is 10.4 Å². The van der Waals surface area contributed by atoms with E-state index in [0.717, 1.165) is 31.1 Å². The minimum absolute atomic E-state index is 0.169. The van der Waals surface area contributed by atoms with Gasteiger partial charge in [-0.05, 0) is 50.4 Å². The summed E-state index contributed by atoms with van der Waals surface area (Å²) in [6.07, 6.45) is 9.49. The summed E-state index contributed by atoms with van der Waals surface area (Å²) in [7, 11) is 0. The van der Waals surface area contributed by atoms with Crippen molar-refractivity contribution >= 4 is 5.91 Å². The summed E-state index contributed by atoms with van der Waals surface area (Å²) in [5.74, 6) is 2.45. The minimum Gasteiger partial charge on any atom is -0.388 e. The predicted molar refractivity (Wildman–Crippen MR) is 85.9 cm³/mol. The zero-order valence-corrected chi connectivity index (χ0v) is 14.0. The molecule has 0 aliphatic heterocycles. The molecule has 122 valence electrons. The molecule has 0 aromatic rings. The van der Waals surface area contributed by atoms with Crippen LogP contribution in [0.25, 0.3) is 0 Å². The van der Waals surface area contributed by atoms with Gasteiger partial charge in [-0.15, -0.1) is 0 Å². The maximum atomic E-state index is 12.4. The van der Waals surface area contributed by atoms with Crippen LogP contribution in [-0.4, -0.2) is 23.2 Å². The third-order valence-electron chi connectivity index (χ3n) is 5.40. The second kappa shape index (κ2) is 7.13. The van der Waals surface area contributed by atoms with E-state index in [1.165, 1.54) is 32.1 Å². The van der Waals surface area contributed by atoms with Gasteiger partial charge in [0, 0.05) is 12.5 Å². The van der Waals surface area contributed by atoms with Crippen molar-refractivity contribution in [2.75, 3.05) is 6.54 Å². The smallest absolute Gasteiger partial charge is 0.223 e. The van der Waals surface area contributed by atoms with E-state index in [9.17, 15) is 9.90 Å². The lowest BCUT2D eigenvalue weighted by atomic mass is 9.67. The maximum absolute atomic E-state index is 12.4. The molecule has 21 heavy (non-hydrogen) atoms. The van der Waals surface area contributed by atoms with Crippen molar-refractivity contribution in [2.45, 2.75) is 77.7 Å². The highest BCUT2D eigenvalue weighted by Crippen LogP contribution is 2.42. The molecular weight excluding hydrogens is 262 g/mol. The fourth-order valence-corrected chi connectivity index (χ4v) is 4.49. The van der Waals surface area contributed by atoms with E-state index < -0.39 is 5.60 Å². The molecule has 2 rings (SSSR count). The van der Waals surface area contributed by atoms with Crippen LogP contribution in [0.5, 0.6) is 0 Å². The van der Waals surface area contributed by atoms with Crippen LogP contribution < -0.4 is 5.32 Å². The molecule has 3 nitrogen and oxygen atoms in total. The van der Waals surface area contributed by atoms with Crippen molar-refractivity contribution in [1.29, 1.82) is 0 Å². The molecule has 2 fully saturated rings. The molecule has 2 aliphatic rings. The van der Waals surface area contributed by atoms with E-state index in [2.05, 4.69) is 19.2 Å². The summed E-state index contributed by atoms with van der Waals surface area (Å²) in [5, 5.41) is 13.3. The second-order valence-corrected chi connectivity index (χ2v) is 8.13. The van der Waals surface area contributed by atoms with E-state index in [0.29, 0.717) is 12.5 Å². The van der Waals surface area contributed by atoms with Gasteiger partial charge >= 0.3 is 0 Å². The third-order valence-corrected chi connectivity index (χ3v) is 5.40. The first kappa shape index (κ1) is 16.8. The largest absolute Gasteiger partial charge is 0.388 e. The van der Waals surface area contributed by atoms with Gasteiger partial charge in [-0.1, -0.05) is 39.5 Å². The molecule has 0 heterocycles. The number of nitrogens with one attached hydrogen (secondary N) is 1. The minimum atomic E-state index is -0.786. The average Bonchev–Trinajstić information content (AvgIpc) is 2.43. The predicted octanol–water partition coefficient (Wildman–Crippen LogP) is 3.51. The SMILES string of the molecule is CC(C)CC(C)(O)CNC(=O)C1CCC2CCCCC2C1. The highest BCUT2D eigenvalue weighted by Gasteiger charge is 2.35. The summed E-state index contributed by atoms with van der Waals surface area (Å²) in [6.45, 7) is 6.40. The summed E-state index contributed by atoms with van der Waals surface area (Å²) in [4.78, 5) is 12.4. The average molecular weight is 295 g/mol. The van der Waals surface area contributed by atoms with E-state index in [1.807, 2.05) is 6.92 Å². The van der Waals surface area contributed by atoms with Gasteiger partial charge in [0.15, 0.2) is 0 Å². The fraction of sp³-hybridized carbons (Fsp3) is 0.944. The zero-order valence-electron chi connectivity index (χ0n) is 14.0. The molecule has 2 N–H and O–H groups in total. The zero-order chi connectivity index (χ0) is 15.5. The van der Waals surface area contributed by atoms with Crippen molar-refractivity contribution in [1.82, 2.24) is 5.32 Å². The summed E-state index contributed by atoms with van der Waals surface area (Å²) in [5.41, 5.74) is -0.786. The van der Waals surface area contributed by atoms with E-state index in [-0.39, 0.29) is 11.8 Å². The summed E-state index contributed by atoms with van der Waals surface area (Å²) >= 11 is 0. The Morgan fingerprint density at radius 1 is 1.19 bits per heavy atom.